The molecule has 0 spiro atoms. The molecule has 0 atom stereocenters. The Balaban J connectivity index is 1.20. The van der Waals surface area contributed by atoms with Gasteiger partial charge in [0.15, 0.2) is 5.82 Å². The number of nitrogens with zero attached hydrogens (tertiary/aromatic N) is 6. The standard InChI is InChI=1S/C53H40N6/c1-52-27-29-53(2,30-28-52)41-32-48(57-42-21-9-3-15-33(42)34-16-4-10-22-43(34)57)39(31-40(41)52)49-54-50(58-44-23-11-5-17-35(44)36-18-6-12-24-45(36)58)56-51(55-49)59-46-25-13-7-19-37(46)38-20-8-14-26-47(38)59/h3-26,31-32H,27-30H2,1-2H3. The highest BCUT2D eigenvalue weighted by Crippen LogP contribution is 2.57. The highest BCUT2D eigenvalue weighted by atomic mass is 15.3. The van der Waals surface area contributed by atoms with Gasteiger partial charge in [-0.1, -0.05) is 123 Å². The molecule has 0 N–H and O–H groups in total. The van der Waals surface area contributed by atoms with Gasteiger partial charge in [-0.05, 0) is 96.2 Å². The summed E-state index contributed by atoms with van der Waals surface area (Å²) in [5.41, 5.74) is 11.8. The Morgan fingerprint density at radius 1 is 0.373 bits per heavy atom. The Labute approximate surface area is 341 Å². The fourth-order valence-corrected chi connectivity index (χ4v) is 11.0. The number of hydrogen-bond acceptors (Lipinski definition) is 3. The molecular formula is C53H40N6. The third-order valence-corrected chi connectivity index (χ3v) is 14.1. The lowest BCUT2D eigenvalue weighted by atomic mass is 9.52. The van der Waals surface area contributed by atoms with Gasteiger partial charge in [0, 0.05) is 37.9 Å². The zero-order chi connectivity index (χ0) is 39.0. The first-order valence-corrected chi connectivity index (χ1v) is 20.9. The monoisotopic (exact) mass is 760 g/mol. The second kappa shape index (κ2) is 11.8. The van der Waals surface area contributed by atoms with Gasteiger partial charge >= 0.3 is 0 Å². The lowest BCUT2D eigenvalue weighted by Crippen LogP contribution is -2.44. The first-order chi connectivity index (χ1) is 29.0. The average molecular weight is 761 g/mol. The largest absolute Gasteiger partial charge is 0.308 e. The van der Waals surface area contributed by atoms with Crippen molar-refractivity contribution in [1.82, 2.24) is 28.7 Å². The normalized spacial score (nSPS) is 18.9. The third-order valence-electron chi connectivity index (χ3n) is 14.1. The van der Waals surface area contributed by atoms with E-state index in [4.69, 9.17) is 15.0 Å². The number of rotatable bonds is 4. The summed E-state index contributed by atoms with van der Waals surface area (Å²) in [6, 6.07) is 57.0. The summed E-state index contributed by atoms with van der Waals surface area (Å²) in [5.74, 6) is 1.84. The van der Waals surface area contributed by atoms with Crippen molar-refractivity contribution < 1.29 is 0 Å². The van der Waals surface area contributed by atoms with Crippen molar-refractivity contribution in [3.63, 3.8) is 0 Å². The third kappa shape index (κ3) is 4.49. The van der Waals surface area contributed by atoms with Crippen LogP contribution in [0.25, 0.3) is 94.4 Å². The van der Waals surface area contributed by atoms with Crippen LogP contribution in [0.3, 0.4) is 0 Å². The van der Waals surface area contributed by atoms with Gasteiger partial charge < -0.3 is 4.57 Å². The molecule has 6 heteroatoms. The summed E-state index contributed by atoms with van der Waals surface area (Å²) in [7, 11) is 0. The minimum Gasteiger partial charge on any atom is -0.308 e. The molecule has 0 amide bonds. The molecule has 0 unspecified atom stereocenters. The first-order valence-electron chi connectivity index (χ1n) is 20.9. The van der Waals surface area contributed by atoms with E-state index in [1.54, 1.807) is 0 Å². The van der Waals surface area contributed by atoms with Crippen LogP contribution < -0.4 is 0 Å². The van der Waals surface area contributed by atoms with Crippen molar-refractivity contribution in [3.05, 3.63) is 169 Å². The minimum atomic E-state index is 0.0829. The lowest BCUT2D eigenvalue weighted by Gasteiger charge is -2.52. The predicted molar refractivity (Wildman–Crippen MR) is 241 cm³/mol. The SMILES string of the molecule is CC12CCC(C)(CC1)c1cc(-n3c4ccccc4c4ccccc43)c(-c3nc(-n4c5ccccc5c5ccccc54)nc(-n4c5ccccc5c5ccccc54)n3)cc12. The number of fused-ring (bicyclic) bond motifs is 11. The molecule has 6 nitrogen and oxygen atoms in total. The average Bonchev–Trinajstić information content (AvgIpc) is 3.93. The number of benzene rings is 7. The maximum absolute atomic E-state index is 5.61. The Bertz CT molecular complexity index is 3260. The van der Waals surface area contributed by atoms with E-state index >= 15 is 0 Å². The van der Waals surface area contributed by atoms with Gasteiger partial charge in [0.05, 0.1) is 38.8 Å². The van der Waals surface area contributed by atoms with E-state index in [2.05, 4.69) is 185 Å². The van der Waals surface area contributed by atoms with Crippen LogP contribution in [-0.2, 0) is 10.8 Å². The fourth-order valence-electron chi connectivity index (χ4n) is 11.0. The zero-order valence-corrected chi connectivity index (χ0v) is 33.0. The van der Waals surface area contributed by atoms with Gasteiger partial charge in [0.25, 0.3) is 0 Å². The molecule has 11 aromatic rings. The molecule has 3 aliphatic carbocycles. The summed E-state index contributed by atoms with van der Waals surface area (Å²) in [4.78, 5) is 16.7. The van der Waals surface area contributed by atoms with E-state index in [1.165, 1.54) is 80.2 Å². The molecule has 0 radical (unpaired) electrons. The Morgan fingerprint density at radius 2 is 0.678 bits per heavy atom. The minimum absolute atomic E-state index is 0.0829. The summed E-state index contributed by atoms with van der Waals surface area (Å²) >= 11 is 0. The van der Waals surface area contributed by atoms with Crippen LogP contribution in [-0.4, -0.2) is 28.7 Å². The van der Waals surface area contributed by atoms with Crippen molar-refractivity contribution in [2.45, 2.75) is 50.4 Å². The molecule has 4 heterocycles. The zero-order valence-electron chi connectivity index (χ0n) is 33.0. The molecular weight excluding hydrogens is 721 g/mol. The second-order valence-corrected chi connectivity index (χ2v) is 17.4. The first kappa shape index (κ1) is 33.0. The molecule has 0 aliphatic heterocycles. The molecule has 282 valence electrons. The van der Waals surface area contributed by atoms with Gasteiger partial charge in [-0.25, -0.2) is 0 Å². The van der Waals surface area contributed by atoms with Crippen LogP contribution in [0.2, 0.25) is 0 Å². The van der Waals surface area contributed by atoms with Crippen LogP contribution in [0.4, 0.5) is 0 Å². The van der Waals surface area contributed by atoms with Crippen LogP contribution in [0.1, 0.15) is 50.7 Å². The Morgan fingerprint density at radius 3 is 1.03 bits per heavy atom. The van der Waals surface area contributed by atoms with Crippen molar-refractivity contribution in [1.29, 1.82) is 0 Å². The molecule has 3 aliphatic rings. The summed E-state index contributed by atoms with van der Waals surface area (Å²) in [6.07, 6.45) is 4.76. The van der Waals surface area contributed by atoms with Crippen LogP contribution in [0, 0.1) is 0 Å². The van der Waals surface area contributed by atoms with Crippen LogP contribution in [0.15, 0.2) is 158 Å². The summed E-state index contributed by atoms with van der Waals surface area (Å²) < 4.78 is 6.93. The number of hydrogen-bond donors (Lipinski definition) is 0. The van der Waals surface area contributed by atoms with Crippen molar-refractivity contribution in [2.24, 2.45) is 0 Å². The van der Waals surface area contributed by atoms with Gasteiger partial charge in [0.1, 0.15) is 0 Å². The smallest absolute Gasteiger partial charge is 0.240 e. The molecule has 7 aromatic carbocycles. The Hall–Kier alpha value is -7.05. The molecule has 59 heavy (non-hydrogen) atoms. The van der Waals surface area contributed by atoms with E-state index in [1.807, 2.05) is 0 Å². The fraction of sp³-hybridized carbons (Fsp3) is 0.151. The topological polar surface area (TPSA) is 53.5 Å². The van der Waals surface area contributed by atoms with Gasteiger partial charge in [0.2, 0.25) is 11.9 Å². The maximum atomic E-state index is 5.61. The predicted octanol–water partition coefficient (Wildman–Crippen LogP) is 12.9. The Kier molecular flexibility index (Phi) is 6.58. The van der Waals surface area contributed by atoms with Gasteiger partial charge in [-0.2, -0.15) is 15.0 Å². The molecule has 0 saturated heterocycles. The second-order valence-electron chi connectivity index (χ2n) is 17.4. The molecule has 4 aromatic heterocycles. The number of aromatic nitrogens is 6. The lowest BCUT2D eigenvalue weighted by molar-refractivity contribution is 0.188. The van der Waals surface area contributed by atoms with E-state index in [0.29, 0.717) is 17.7 Å². The van der Waals surface area contributed by atoms with E-state index < -0.39 is 0 Å². The van der Waals surface area contributed by atoms with Crippen LogP contribution in [0.5, 0.6) is 0 Å². The molecule has 1 fully saturated rings. The van der Waals surface area contributed by atoms with Crippen molar-refractivity contribution in [3.8, 4) is 29.0 Å². The van der Waals surface area contributed by atoms with E-state index in [-0.39, 0.29) is 10.8 Å². The van der Waals surface area contributed by atoms with Crippen molar-refractivity contribution in [2.75, 3.05) is 0 Å². The highest BCUT2D eigenvalue weighted by molar-refractivity contribution is 6.11. The maximum Gasteiger partial charge on any atom is 0.240 e. The van der Waals surface area contributed by atoms with Gasteiger partial charge in [-0.3, -0.25) is 9.13 Å². The molecule has 14 rings (SSSR count). The molecule has 2 bridgehead atoms. The number of para-hydroxylation sites is 6. The molecule has 1 saturated carbocycles. The van der Waals surface area contributed by atoms with Crippen molar-refractivity contribution >= 4 is 65.4 Å². The summed E-state index contributed by atoms with van der Waals surface area (Å²) in [5, 5.41) is 7.14. The van der Waals surface area contributed by atoms with Gasteiger partial charge in [-0.15, -0.1) is 0 Å². The van der Waals surface area contributed by atoms with E-state index in [9.17, 15) is 0 Å². The summed E-state index contributed by atoms with van der Waals surface area (Å²) in [6.45, 7) is 4.97. The van der Waals surface area contributed by atoms with Crippen LogP contribution >= 0.6 is 0 Å². The highest BCUT2D eigenvalue weighted by Gasteiger charge is 2.48. The van der Waals surface area contributed by atoms with E-state index in [0.717, 1.165) is 33.3 Å². The quantitative estimate of drug-likeness (QED) is 0.179.